The average Bonchev–Trinajstić information content (AvgIpc) is 2.60. The van der Waals surface area contributed by atoms with Gasteiger partial charge < -0.3 is 24.7 Å². The molecule has 0 atom stereocenters. The van der Waals surface area contributed by atoms with Gasteiger partial charge in [-0.2, -0.15) is 0 Å². The predicted molar refractivity (Wildman–Crippen MR) is 89.6 cm³/mol. The predicted octanol–water partition coefficient (Wildman–Crippen LogP) is 2.79. The summed E-state index contributed by atoms with van der Waals surface area (Å²) in [6.07, 6.45) is 0.868. The first-order valence-corrected chi connectivity index (χ1v) is 7.42. The van der Waals surface area contributed by atoms with Crippen LogP contribution in [-0.4, -0.2) is 27.9 Å². The van der Waals surface area contributed by atoms with E-state index in [1.165, 1.54) is 5.56 Å². The SMILES string of the molecule is COc1cc(COc2ccc(CCN)cc2)cc(OC)c1OC. The summed E-state index contributed by atoms with van der Waals surface area (Å²) in [6, 6.07) is 11.7. The maximum atomic E-state index is 5.81. The molecule has 0 aromatic heterocycles. The minimum atomic E-state index is 0.410. The van der Waals surface area contributed by atoms with E-state index in [9.17, 15) is 0 Å². The number of nitrogens with two attached hydrogens (primary N) is 1. The van der Waals surface area contributed by atoms with Crippen LogP contribution in [0, 0.1) is 0 Å². The van der Waals surface area contributed by atoms with Gasteiger partial charge in [0.1, 0.15) is 12.4 Å². The second-order valence-electron chi connectivity index (χ2n) is 5.00. The van der Waals surface area contributed by atoms with Crippen molar-refractivity contribution < 1.29 is 18.9 Å². The monoisotopic (exact) mass is 317 g/mol. The minimum Gasteiger partial charge on any atom is -0.493 e. The Morgan fingerprint density at radius 3 is 1.91 bits per heavy atom. The fraction of sp³-hybridized carbons (Fsp3) is 0.333. The summed E-state index contributed by atoms with van der Waals surface area (Å²) in [5.74, 6) is 2.61. The van der Waals surface area contributed by atoms with Gasteiger partial charge in [-0.3, -0.25) is 0 Å². The molecule has 0 unspecified atom stereocenters. The van der Waals surface area contributed by atoms with Crippen molar-refractivity contribution in [1.29, 1.82) is 0 Å². The lowest BCUT2D eigenvalue weighted by molar-refractivity contribution is 0.298. The van der Waals surface area contributed by atoms with Crippen molar-refractivity contribution in [2.24, 2.45) is 5.73 Å². The molecule has 0 aliphatic rings. The minimum absolute atomic E-state index is 0.410. The lowest BCUT2D eigenvalue weighted by atomic mass is 10.1. The van der Waals surface area contributed by atoms with Crippen molar-refractivity contribution in [3.8, 4) is 23.0 Å². The van der Waals surface area contributed by atoms with E-state index in [-0.39, 0.29) is 0 Å². The number of ether oxygens (including phenoxy) is 4. The van der Waals surface area contributed by atoms with E-state index in [0.29, 0.717) is 30.4 Å². The maximum absolute atomic E-state index is 5.81. The Hall–Kier alpha value is -2.40. The van der Waals surface area contributed by atoms with E-state index >= 15 is 0 Å². The second-order valence-corrected chi connectivity index (χ2v) is 5.00. The van der Waals surface area contributed by atoms with Crippen molar-refractivity contribution in [2.45, 2.75) is 13.0 Å². The average molecular weight is 317 g/mol. The molecule has 0 radical (unpaired) electrons. The van der Waals surface area contributed by atoms with Gasteiger partial charge in [-0.25, -0.2) is 0 Å². The van der Waals surface area contributed by atoms with Crippen LogP contribution in [0.5, 0.6) is 23.0 Å². The van der Waals surface area contributed by atoms with Crippen molar-refractivity contribution in [1.82, 2.24) is 0 Å². The standard InChI is InChI=1S/C18H23NO4/c1-20-16-10-14(11-17(21-2)18(16)22-3)12-23-15-6-4-13(5-7-15)8-9-19/h4-7,10-11H,8-9,12,19H2,1-3H3. The van der Waals surface area contributed by atoms with Crippen LogP contribution >= 0.6 is 0 Å². The highest BCUT2D eigenvalue weighted by atomic mass is 16.5. The molecule has 0 saturated heterocycles. The van der Waals surface area contributed by atoms with Gasteiger partial charge >= 0.3 is 0 Å². The largest absolute Gasteiger partial charge is 0.493 e. The van der Waals surface area contributed by atoms with E-state index in [1.807, 2.05) is 36.4 Å². The highest BCUT2D eigenvalue weighted by Gasteiger charge is 2.13. The van der Waals surface area contributed by atoms with Crippen molar-refractivity contribution >= 4 is 0 Å². The molecule has 2 aromatic rings. The third-order valence-electron chi connectivity index (χ3n) is 3.49. The number of benzene rings is 2. The van der Waals surface area contributed by atoms with Gasteiger partial charge in [0.05, 0.1) is 21.3 Å². The molecule has 2 N–H and O–H groups in total. The molecule has 124 valence electrons. The van der Waals surface area contributed by atoms with Gasteiger partial charge in [0.25, 0.3) is 0 Å². The second kappa shape index (κ2) is 8.29. The van der Waals surface area contributed by atoms with Crippen LogP contribution in [0.2, 0.25) is 0 Å². The molecule has 0 fully saturated rings. The number of rotatable bonds is 8. The van der Waals surface area contributed by atoms with Gasteiger partial charge in [-0.1, -0.05) is 12.1 Å². The van der Waals surface area contributed by atoms with Gasteiger partial charge in [-0.15, -0.1) is 0 Å². The van der Waals surface area contributed by atoms with Crippen molar-refractivity contribution in [2.75, 3.05) is 27.9 Å². The van der Waals surface area contributed by atoms with Crippen molar-refractivity contribution in [3.63, 3.8) is 0 Å². The molecule has 0 bridgehead atoms. The van der Waals surface area contributed by atoms with Crippen molar-refractivity contribution in [3.05, 3.63) is 47.5 Å². The first-order chi connectivity index (χ1) is 11.2. The molecule has 0 amide bonds. The molecule has 23 heavy (non-hydrogen) atoms. The zero-order chi connectivity index (χ0) is 16.7. The Labute approximate surface area is 136 Å². The molecule has 5 heteroatoms. The van der Waals surface area contributed by atoms with Gasteiger partial charge in [0.15, 0.2) is 11.5 Å². The molecule has 0 saturated carbocycles. The van der Waals surface area contributed by atoms with Crippen LogP contribution in [0.15, 0.2) is 36.4 Å². The maximum Gasteiger partial charge on any atom is 0.203 e. The molecule has 0 heterocycles. The molecular weight excluding hydrogens is 294 g/mol. The summed E-state index contributed by atoms with van der Waals surface area (Å²) in [6.45, 7) is 1.05. The third-order valence-corrected chi connectivity index (χ3v) is 3.49. The van der Waals surface area contributed by atoms with E-state index < -0.39 is 0 Å². The lowest BCUT2D eigenvalue weighted by Crippen LogP contribution is -2.02. The Morgan fingerprint density at radius 2 is 1.43 bits per heavy atom. The third kappa shape index (κ3) is 4.29. The molecule has 0 aliphatic heterocycles. The van der Waals surface area contributed by atoms with Gasteiger partial charge in [0.2, 0.25) is 5.75 Å². The molecular formula is C18H23NO4. The smallest absolute Gasteiger partial charge is 0.203 e. The molecule has 0 spiro atoms. The zero-order valence-electron chi connectivity index (χ0n) is 13.8. The summed E-state index contributed by atoms with van der Waals surface area (Å²) in [7, 11) is 4.77. The lowest BCUT2D eigenvalue weighted by Gasteiger charge is -2.14. The summed E-state index contributed by atoms with van der Waals surface area (Å²) >= 11 is 0. The van der Waals surface area contributed by atoms with Crippen LogP contribution < -0.4 is 24.7 Å². The van der Waals surface area contributed by atoms with Crippen LogP contribution in [0.25, 0.3) is 0 Å². The fourth-order valence-corrected chi connectivity index (χ4v) is 2.30. The summed E-state index contributed by atoms with van der Waals surface area (Å²) < 4.78 is 21.8. The van der Waals surface area contributed by atoms with E-state index in [4.69, 9.17) is 24.7 Å². The Kier molecular flexibility index (Phi) is 6.11. The molecule has 0 aliphatic carbocycles. The fourth-order valence-electron chi connectivity index (χ4n) is 2.30. The van der Waals surface area contributed by atoms with Crippen LogP contribution in [-0.2, 0) is 13.0 Å². The van der Waals surface area contributed by atoms with Crippen LogP contribution in [0.3, 0.4) is 0 Å². The molecule has 2 aromatic carbocycles. The van der Waals surface area contributed by atoms with Crippen LogP contribution in [0.4, 0.5) is 0 Å². The zero-order valence-corrected chi connectivity index (χ0v) is 13.8. The molecule has 5 nitrogen and oxygen atoms in total. The molecule has 2 rings (SSSR count). The Balaban J connectivity index is 2.10. The first kappa shape index (κ1) is 17.0. The summed E-state index contributed by atoms with van der Waals surface area (Å²) in [5, 5.41) is 0. The van der Waals surface area contributed by atoms with Gasteiger partial charge in [-0.05, 0) is 48.4 Å². The quantitative estimate of drug-likeness (QED) is 0.811. The highest BCUT2D eigenvalue weighted by molar-refractivity contribution is 5.53. The van der Waals surface area contributed by atoms with E-state index in [1.54, 1.807) is 21.3 Å². The summed E-state index contributed by atoms with van der Waals surface area (Å²) in [4.78, 5) is 0. The van der Waals surface area contributed by atoms with Gasteiger partial charge in [0, 0.05) is 0 Å². The van der Waals surface area contributed by atoms with Crippen LogP contribution in [0.1, 0.15) is 11.1 Å². The highest BCUT2D eigenvalue weighted by Crippen LogP contribution is 2.38. The first-order valence-electron chi connectivity index (χ1n) is 7.42. The normalized spacial score (nSPS) is 10.3. The number of hydrogen-bond acceptors (Lipinski definition) is 5. The topological polar surface area (TPSA) is 62.9 Å². The number of methoxy groups -OCH3 is 3. The Morgan fingerprint density at radius 1 is 0.826 bits per heavy atom. The van der Waals surface area contributed by atoms with E-state index in [2.05, 4.69) is 0 Å². The Bertz CT molecular complexity index is 600. The number of hydrogen-bond donors (Lipinski definition) is 1. The summed E-state index contributed by atoms with van der Waals surface area (Å²) in [5.41, 5.74) is 7.68. The van der Waals surface area contributed by atoms with E-state index in [0.717, 1.165) is 17.7 Å².